The highest BCUT2D eigenvalue weighted by molar-refractivity contribution is 5.22. The zero-order valence-corrected chi connectivity index (χ0v) is 7.30. The van der Waals surface area contributed by atoms with E-state index in [0.29, 0.717) is 11.3 Å². The van der Waals surface area contributed by atoms with Crippen molar-refractivity contribution < 1.29 is 5.11 Å². The minimum Gasteiger partial charge on any atom is -0.389 e. The largest absolute Gasteiger partial charge is 0.389 e. The summed E-state index contributed by atoms with van der Waals surface area (Å²) < 4.78 is 0. The van der Waals surface area contributed by atoms with Crippen molar-refractivity contribution in [2.45, 2.75) is 32.8 Å². The van der Waals surface area contributed by atoms with Crippen LogP contribution in [0.3, 0.4) is 0 Å². The predicted octanol–water partition coefficient (Wildman–Crippen LogP) is 1.97. The minimum absolute atomic E-state index is 0.202. The van der Waals surface area contributed by atoms with Crippen molar-refractivity contribution in [3.8, 4) is 0 Å². The molecule has 3 atom stereocenters. The molecule has 1 heteroatoms. The molecule has 11 heavy (non-hydrogen) atoms. The van der Waals surface area contributed by atoms with Gasteiger partial charge in [-0.05, 0) is 35.7 Å². The first-order valence-corrected chi connectivity index (χ1v) is 4.40. The predicted molar refractivity (Wildman–Crippen MR) is 45.1 cm³/mol. The molecule has 0 aliphatic heterocycles. The van der Waals surface area contributed by atoms with E-state index < -0.39 is 0 Å². The summed E-state index contributed by atoms with van der Waals surface area (Å²) in [5.74, 6) is 1.34. The van der Waals surface area contributed by atoms with Crippen LogP contribution in [0.5, 0.6) is 0 Å². The lowest BCUT2D eigenvalue weighted by Gasteiger charge is -2.59. The first-order valence-electron chi connectivity index (χ1n) is 4.40. The van der Waals surface area contributed by atoms with Crippen LogP contribution in [0.4, 0.5) is 0 Å². The SMILES string of the molecule is C=C1[C@H](O)C[C@H]2C[C@H]1C2(C)C. The first kappa shape index (κ1) is 7.35. The molecule has 3 aliphatic carbocycles. The standard InChI is InChI=1S/C10H16O/c1-6-8-4-7(5-9(6)11)10(8,2)3/h7-9,11H,1,4-5H2,2-3H3/t7-,8-,9-/m1/s1. The molecule has 3 aliphatic rings. The van der Waals surface area contributed by atoms with Crippen LogP contribution < -0.4 is 0 Å². The van der Waals surface area contributed by atoms with E-state index >= 15 is 0 Å². The van der Waals surface area contributed by atoms with Crippen molar-refractivity contribution in [1.82, 2.24) is 0 Å². The Balaban J connectivity index is 2.23. The number of aliphatic hydroxyl groups excluding tert-OH is 1. The van der Waals surface area contributed by atoms with E-state index in [1.165, 1.54) is 6.42 Å². The third kappa shape index (κ3) is 0.750. The van der Waals surface area contributed by atoms with E-state index in [1.807, 2.05) is 0 Å². The van der Waals surface area contributed by atoms with E-state index in [-0.39, 0.29) is 6.10 Å². The van der Waals surface area contributed by atoms with Gasteiger partial charge in [0.15, 0.2) is 0 Å². The van der Waals surface area contributed by atoms with Crippen LogP contribution in [0.1, 0.15) is 26.7 Å². The van der Waals surface area contributed by atoms with Crippen LogP contribution in [-0.4, -0.2) is 11.2 Å². The van der Waals surface area contributed by atoms with Crippen molar-refractivity contribution in [1.29, 1.82) is 0 Å². The summed E-state index contributed by atoms with van der Waals surface area (Å²) in [5, 5.41) is 9.51. The van der Waals surface area contributed by atoms with Crippen molar-refractivity contribution in [3.05, 3.63) is 12.2 Å². The van der Waals surface area contributed by atoms with Gasteiger partial charge >= 0.3 is 0 Å². The van der Waals surface area contributed by atoms with Crippen LogP contribution in [0.25, 0.3) is 0 Å². The maximum Gasteiger partial charge on any atom is 0.0753 e. The average molecular weight is 152 g/mol. The van der Waals surface area contributed by atoms with Gasteiger partial charge in [0.2, 0.25) is 0 Å². The van der Waals surface area contributed by atoms with Crippen molar-refractivity contribution >= 4 is 0 Å². The molecular formula is C10H16O. The van der Waals surface area contributed by atoms with Crippen molar-refractivity contribution in [2.75, 3.05) is 0 Å². The number of hydrogen-bond donors (Lipinski definition) is 1. The van der Waals surface area contributed by atoms with E-state index in [0.717, 1.165) is 17.9 Å². The molecule has 3 fully saturated rings. The van der Waals surface area contributed by atoms with Crippen molar-refractivity contribution in [2.24, 2.45) is 17.3 Å². The summed E-state index contributed by atoms with van der Waals surface area (Å²) in [6.07, 6.45) is 2.01. The van der Waals surface area contributed by atoms with E-state index in [4.69, 9.17) is 0 Å². The van der Waals surface area contributed by atoms with Gasteiger partial charge in [0.05, 0.1) is 6.10 Å². The molecule has 0 radical (unpaired) electrons. The second kappa shape index (κ2) is 1.89. The van der Waals surface area contributed by atoms with Gasteiger partial charge in [-0.2, -0.15) is 0 Å². The molecule has 0 amide bonds. The fourth-order valence-corrected chi connectivity index (χ4v) is 2.70. The fourth-order valence-electron chi connectivity index (χ4n) is 2.70. The quantitative estimate of drug-likeness (QED) is 0.526. The molecule has 1 nitrogen and oxygen atoms in total. The molecule has 0 spiro atoms. The topological polar surface area (TPSA) is 20.2 Å². The molecular weight excluding hydrogens is 136 g/mol. The summed E-state index contributed by atoms with van der Waals surface area (Å²) in [5.41, 5.74) is 1.51. The van der Waals surface area contributed by atoms with E-state index in [9.17, 15) is 5.11 Å². The van der Waals surface area contributed by atoms with Crippen molar-refractivity contribution in [3.63, 3.8) is 0 Å². The molecule has 0 aromatic carbocycles. The third-order valence-corrected chi connectivity index (χ3v) is 3.85. The van der Waals surface area contributed by atoms with Crippen LogP contribution in [0.15, 0.2) is 12.2 Å². The zero-order chi connectivity index (χ0) is 8.22. The fraction of sp³-hybridized carbons (Fsp3) is 0.800. The highest BCUT2D eigenvalue weighted by Gasteiger charge is 2.54. The van der Waals surface area contributed by atoms with Gasteiger partial charge in [-0.25, -0.2) is 0 Å². The first-order chi connectivity index (χ1) is 5.03. The zero-order valence-electron chi connectivity index (χ0n) is 7.30. The van der Waals surface area contributed by atoms with Gasteiger partial charge in [0, 0.05) is 0 Å². The van der Waals surface area contributed by atoms with Crippen LogP contribution in [0, 0.1) is 17.3 Å². The van der Waals surface area contributed by atoms with Gasteiger partial charge in [0.25, 0.3) is 0 Å². The Morgan fingerprint density at radius 1 is 1.45 bits per heavy atom. The van der Waals surface area contributed by atoms with Gasteiger partial charge in [-0.3, -0.25) is 0 Å². The lowest BCUT2D eigenvalue weighted by Crippen LogP contribution is -2.53. The summed E-state index contributed by atoms with van der Waals surface area (Å²) >= 11 is 0. The highest BCUT2D eigenvalue weighted by Crippen LogP contribution is 2.60. The van der Waals surface area contributed by atoms with E-state index in [1.54, 1.807) is 0 Å². The molecule has 0 heterocycles. The van der Waals surface area contributed by atoms with Gasteiger partial charge in [-0.1, -0.05) is 20.4 Å². The maximum atomic E-state index is 9.51. The Morgan fingerprint density at radius 3 is 2.45 bits per heavy atom. The Labute approximate surface area is 68.1 Å². The third-order valence-electron chi connectivity index (χ3n) is 3.85. The molecule has 3 rings (SSSR count). The molecule has 0 aromatic rings. The summed E-state index contributed by atoms with van der Waals surface area (Å²) in [4.78, 5) is 0. The van der Waals surface area contributed by atoms with E-state index in [2.05, 4.69) is 20.4 Å². The number of aliphatic hydroxyl groups is 1. The Bertz CT molecular complexity index is 205. The smallest absolute Gasteiger partial charge is 0.0753 e. The molecule has 1 N–H and O–H groups in total. The highest BCUT2D eigenvalue weighted by atomic mass is 16.3. The van der Waals surface area contributed by atoms with Crippen LogP contribution >= 0.6 is 0 Å². The monoisotopic (exact) mass is 152 g/mol. The molecule has 0 saturated heterocycles. The normalized spacial score (nSPS) is 46.8. The number of hydrogen-bond acceptors (Lipinski definition) is 1. The van der Waals surface area contributed by atoms with Gasteiger partial charge in [-0.15, -0.1) is 0 Å². The molecule has 2 bridgehead atoms. The summed E-state index contributed by atoms with van der Waals surface area (Å²) in [6.45, 7) is 8.55. The minimum atomic E-state index is -0.202. The van der Waals surface area contributed by atoms with Gasteiger partial charge in [0.1, 0.15) is 0 Å². The lowest BCUT2D eigenvalue weighted by molar-refractivity contribution is -0.0705. The molecule has 0 aromatic heterocycles. The van der Waals surface area contributed by atoms with Crippen LogP contribution in [-0.2, 0) is 0 Å². The second-order valence-electron chi connectivity index (χ2n) is 4.63. The second-order valence-corrected chi connectivity index (χ2v) is 4.63. The van der Waals surface area contributed by atoms with Gasteiger partial charge < -0.3 is 5.11 Å². The Morgan fingerprint density at radius 2 is 2.09 bits per heavy atom. The number of fused-ring (bicyclic) bond motifs is 2. The Hall–Kier alpha value is -0.300. The average Bonchev–Trinajstić information content (AvgIpc) is 1.93. The summed E-state index contributed by atoms with van der Waals surface area (Å²) in [7, 11) is 0. The van der Waals surface area contributed by atoms with Crippen LogP contribution in [0.2, 0.25) is 0 Å². The lowest BCUT2D eigenvalue weighted by atomic mass is 9.47. The maximum absolute atomic E-state index is 9.51. The Kier molecular flexibility index (Phi) is 1.26. The summed E-state index contributed by atoms with van der Waals surface area (Å²) in [6, 6.07) is 0. The molecule has 3 saturated carbocycles. The molecule has 0 unspecified atom stereocenters. The molecule has 62 valence electrons. The number of rotatable bonds is 0.